The summed E-state index contributed by atoms with van der Waals surface area (Å²) in [5.74, 6) is 0.782. The van der Waals surface area contributed by atoms with Crippen LogP contribution in [0.25, 0.3) is 5.69 Å². The normalized spacial score (nSPS) is 15.7. The molecule has 1 fully saturated rings. The summed E-state index contributed by atoms with van der Waals surface area (Å²) in [5.41, 5.74) is 3.80. The molecule has 1 aliphatic heterocycles. The molecule has 0 unspecified atom stereocenters. The van der Waals surface area contributed by atoms with Gasteiger partial charge in [-0.05, 0) is 57.8 Å². The van der Waals surface area contributed by atoms with Crippen LogP contribution >= 0.6 is 0 Å². The van der Waals surface area contributed by atoms with E-state index in [1.807, 2.05) is 41.8 Å². The molecule has 5 heteroatoms. The second-order valence-electron chi connectivity index (χ2n) is 6.64. The molecular formula is C19H26N4O. The highest BCUT2D eigenvalue weighted by molar-refractivity contribution is 5.95. The maximum absolute atomic E-state index is 12.9. The summed E-state index contributed by atoms with van der Waals surface area (Å²) in [4.78, 5) is 14.8. The molecule has 0 bridgehead atoms. The van der Waals surface area contributed by atoms with Crippen molar-refractivity contribution in [1.29, 1.82) is 0 Å². The van der Waals surface area contributed by atoms with Crippen molar-refractivity contribution in [3.05, 3.63) is 47.3 Å². The molecule has 1 aliphatic rings. The van der Waals surface area contributed by atoms with Crippen molar-refractivity contribution in [2.75, 3.05) is 26.7 Å². The van der Waals surface area contributed by atoms with Gasteiger partial charge in [0.15, 0.2) is 0 Å². The van der Waals surface area contributed by atoms with Gasteiger partial charge in [-0.2, -0.15) is 5.10 Å². The zero-order valence-electron chi connectivity index (χ0n) is 14.7. The Balaban J connectivity index is 1.77. The van der Waals surface area contributed by atoms with Gasteiger partial charge in [0.1, 0.15) is 0 Å². The monoisotopic (exact) mass is 326 g/mol. The van der Waals surface area contributed by atoms with E-state index in [1.165, 1.54) is 0 Å². The van der Waals surface area contributed by atoms with Crippen LogP contribution in [-0.4, -0.2) is 47.3 Å². The van der Waals surface area contributed by atoms with E-state index >= 15 is 0 Å². The fourth-order valence-electron chi connectivity index (χ4n) is 3.46. The quantitative estimate of drug-likeness (QED) is 0.939. The maximum atomic E-state index is 12.9. The topological polar surface area (TPSA) is 50.2 Å². The number of aryl methyl sites for hydroxylation is 1. The number of rotatable bonds is 4. The number of amides is 1. The highest BCUT2D eigenvalue weighted by Crippen LogP contribution is 2.22. The summed E-state index contributed by atoms with van der Waals surface area (Å²) in [5, 5.41) is 7.70. The molecule has 2 aromatic rings. The third-order valence-corrected chi connectivity index (χ3v) is 4.98. The molecule has 1 aromatic heterocycles. The number of aromatic nitrogens is 2. The second kappa shape index (κ2) is 7.18. The Morgan fingerprint density at radius 3 is 2.62 bits per heavy atom. The molecule has 3 rings (SSSR count). The zero-order chi connectivity index (χ0) is 17.1. The van der Waals surface area contributed by atoms with E-state index in [9.17, 15) is 4.79 Å². The van der Waals surface area contributed by atoms with Crippen molar-refractivity contribution in [1.82, 2.24) is 20.0 Å². The van der Waals surface area contributed by atoms with E-state index in [1.54, 1.807) is 6.20 Å². The third-order valence-electron chi connectivity index (χ3n) is 4.98. The summed E-state index contributed by atoms with van der Waals surface area (Å²) >= 11 is 0. The predicted octanol–water partition coefficient (Wildman–Crippen LogP) is 2.56. The van der Waals surface area contributed by atoms with Gasteiger partial charge in [0.25, 0.3) is 5.91 Å². The van der Waals surface area contributed by atoms with Gasteiger partial charge in [-0.15, -0.1) is 0 Å². The van der Waals surface area contributed by atoms with Crippen LogP contribution in [0.15, 0.2) is 30.5 Å². The number of nitrogens with zero attached hydrogens (tertiary/aromatic N) is 3. The first-order valence-corrected chi connectivity index (χ1v) is 8.66. The summed E-state index contributed by atoms with van der Waals surface area (Å²) in [7, 11) is 1.99. The first-order chi connectivity index (χ1) is 11.6. The van der Waals surface area contributed by atoms with Crippen LogP contribution in [0.2, 0.25) is 0 Å². The van der Waals surface area contributed by atoms with Crippen molar-refractivity contribution in [3.63, 3.8) is 0 Å². The van der Waals surface area contributed by atoms with E-state index in [0.29, 0.717) is 11.5 Å². The lowest BCUT2D eigenvalue weighted by molar-refractivity contribution is 0.0690. The Labute approximate surface area is 143 Å². The molecule has 1 saturated heterocycles. The molecule has 128 valence electrons. The van der Waals surface area contributed by atoms with Crippen LogP contribution in [0.4, 0.5) is 0 Å². The molecule has 0 spiro atoms. The minimum atomic E-state index is 0.107. The number of carbonyl (C=O) groups excluding carboxylic acids is 1. The number of hydrogen-bond donors (Lipinski definition) is 1. The fourth-order valence-corrected chi connectivity index (χ4v) is 3.46. The summed E-state index contributed by atoms with van der Waals surface area (Å²) in [6, 6.07) is 8.11. The maximum Gasteiger partial charge on any atom is 0.257 e. The number of carbonyl (C=O) groups is 1. The van der Waals surface area contributed by atoms with Gasteiger partial charge >= 0.3 is 0 Å². The smallest absolute Gasteiger partial charge is 0.257 e. The van der Waals surface area contributed by atoms with Crippen LogP contribution in [0.1, 0.15) is 34.5 Å². The molecule has 1 amide bonds. The molecule has 5 nitrogen and oxygen atoms in total. The van der Waals surface area contributed by atoms with Gasteiger partial charge in [0, 0.05) is 13.1 Å². The zero-order valence-corrected chi connectivity index (χ0v) is 14.7. The fraction of sp³-hybridized carbons (Fsp3) is 0.474. The van der Waals surface area contributed by atoms with E-state index in [2.05, 4.69) is 23.4 Å². The minimum Gasteiger partial charge on any atom is -0.339 e. The number of para-hydroxylation sites is 1. The van der Waals surface area contributed by atoms with Crippen LogP contribution in [0.5, 0.6) is 0 Å². The first kappa shape index (κ1) is 16.7. The Morgan fingerprint density at radius 1 is 1.25 bits per heavy atom. The standard InChI is InChI=1S/C19H26N4O/c1-14-6-4-5-7-18(14)23-15(2)17(13-21-23)19(24)22-10-8-16(9-11-22)12-20-3/h4-7,13,16,20H,8-12H2,1-3H3. The minimum absolute atomic E-state index is 0.107. The molecule has 24 heavy (non-hydrogen) atoms. The third kappa shape index (κ3) is 3.22. The molecule has 0 atom stereocenters. The molecule has 1 N–H and O–H groups in total. The highest BCUT2D eigenvalue weighted by atomic mass is 16.2. The summed E-state index contributed by atoms with van der Waals surface area (Å²) in [6.45, 7) is 6.73. The lowest BCUT2D eigenvalue weighted by Gasteiger charge is -2.31. The van der Waals surface area contributed by atoms with Crippen LogP contribution in [-0.2, 0) is 0 Å². The number of benzene rings is 1. The van der Waals surface area contributed by atoms with E-state index in [-0.39, 0.29) is 5.91 Å². The van der Waals surface area contributed by atoms with Crippen LogP contribution < -0.4 is 5.32 Å². The molecular weight excluding hydrogens is 300 g/mol. The van der Waals surface area contributed by atoms with Gasteiger partial charge in [0.05, 0.1) is 23.1 Å². The Kier molecular flexibility index (Phi) is 5.00. The number of nitrogens with one attached hydrogen (secondary N) is 1. The van der Waals surface area contributed by atoms with Crippen molar-refractivity contribution in [2.45, 2.75) is 26.7 Å². The summed E-state index contributed by atoms with van der Waals surface area (Å²) < 4.78 is 1.87. The average Bonchev–Trinajstić information content (AvgIpc) is 2.97. The molecule has 2 heterocycles. The summed E-state index contributed by atoms with van der Waals surface area (Å²) in [6.07, 6.45) is 3.85. The molecule has 0 saturated carbocycles. The van der Waals surface area contributed by atoms with Crippen LogP contribution in [0.3, 0.4) is 0 Å². The van der Waals surface area contributed by atoms with Crippen molar-refractivity contribution in [2.24, 2.45) is 5.92 Å². The lowest BCUT2D eigenvalue weighted by Crippen LogP contribution is -2.40. The van der Waals surface area contributed by atoms with Gasteiger partial charge < -0.3 is 10.2 Å². The number of likely N-dealkylation sites (tertiary alicyclic amines) is 1. The second-order valence-corrected chi connectivity index (χ2v) is 6.64. The molecule has 0 aliphatic carbocycles. The van der Waals surface area contributed by atoms with E-state index < -0.39 is 0 Å². The largest absolute Gasteiger partial charge is 0.339 e. The average molecular weight is 326 g/mol. The highest BCUT2D eigenvalue weighted by Gasteiger charge is 2.26. The first-order valence-electron chi connectivity index (χ1n) is 8.66. The molecule has 0 radical (unpaired) electrons. The SMILES string of the molecule is CNCC1CCN(C(=O)c2cnn(-c3ccccc3C)c2C)CC1. The van der Waals surface area contributed by atoms with Crippen LogP contribution in [0, 0.1) is 19.8 Å². The Bertz CT molecular complexity index is 714. The van der Waals surface area contributed by atoms with Gasteiger partial charge in [-0.1, -0.05) is 18.2 Å². The van der Waals surface area contributed by atoms with E-state index in [0.717, 1.165) is 49.4 Å². The van der Waals surface area contributed by atoms with Crippen molar-refractivity contribution in [3.8, 4) is 5.69 Å². The van der Waals surface area contributed by atoms with Crippen molar-refractivity contribution < 1.29 is 4.79 Å². The van der Waals surface area contributed by atoms with E-state index in [4.69, 9.17) is 0 Å². The number of hydrogen-bond acceptors (Lipinski definition) is 3. The van der Waals surface area contributed by atoms with Gasteiger partial charge in [-0.25, -0.2) is 4.68 Å². The molecule has 1 aromatic carbocycles. The number of piperidine rings is 1. The Morgan fingerprint density at radius 2 is 1.96 bits per heavy atom. The van der Waals surface area contributed by atoms with Crippen molar-refractivity contribution >= 4 is 5.91 Å². The van der Waals surface area contributed by atoms with Gasteiger partial charge in [-0.3, -0.25) is 4.79 Å². The van der Waals surface area contributed by atoms with Gasteiger partial charge in [0.2, 0.25) is 0 Å². The lowest BCUT2D eigenvalue weighted by atomic mass is 9.96. The Hall–Kier alpha value is -2.14. The predicted molar refractivity (Wildman–Crippen MR) is 95.6 cm³/mol.